The van der Waals surface area contributed by atoms with Crippen LogP contribution < -0.4 is 5.32 Å². The lowest BCUT2D eigenvalue weighted by Gasteiger charge is -2.12. The largest absolute Gasteiger partial charge is 0.385 e. The molecule has 1 aromatic carbocycles. The molecule has 0 bridgehead atoms. The first-order valence-electron chi connectivity index (χ1n) is 6.81. The van der Waals surface area contributed by atoms with Crippen molar-refractivity contribution in [1.82, 2.24) is 4.31 Å². The van der Waals surface area contributed by atoms with E-state index in [0.717, 1.165) is 43.8 Å². The van der Waals surface area contributed by atoms with Gasteiger partial charge in [-0.05, 0) is 37.1 Å². The van der Waals surface area contributed by atoms with Crippen LogP contribution in [0.3, 0.4) is 0 Å². The number of nitrogens with one attached hydrogen (secondary N) is 1. The van der Waals surface area contributed by atoms with Gasteiger partial charge in [0.1, 0.15) is 0 Å². The number of hydrogen-bond acceptors (Lipinski definition) is 3. The second kappa shape index (κ2) is 8.49. The Balaban J connectivity index is 2.44. The Hall–Kier alpha value is -0.780. The summed E-state index contributed by atoms with van der Waals surface area (Å²) < 4.78 is 25.0. The third kappa shape index (κ3) is 5.31. The Kier molecular flexibility index (Phi) is 7.34. The fourth-order valence-electron chi connectivity index (χ4n) is 1.76. The van der Waals surface area contributed by atoms with Crippen molar-refractivity contribution < 1.29 is 8.42 Å². The van der Waals surface area contributed by atoms with Crippen molar-refractivity contribution in [2.24, 2.45) is 0 Å². The molecule has 0 aliphatic heterocycles. The highest BCUT2D eigenvalue weighted by Crippen LogP contribution is 2.16. The summed E-state index contributed by atoms with van der Waals surface area (Å²) in [6.45, 7) is 0.891. The number of sulfonamides is 1. The first-order chi connectivity index (χ1) is 9.48. The number of alkyl halides is 1. The summed E-state index contributed by atoms with van der Waals surface area (Å²) >= 11 is 5.62. The summed E-state index contributed by atoms with van der Waals surface area (Å²) in [4.78, 5) is 0.315. The van der Waals surface area contributed by atoms with Crippen LogP contribution in [0.1, 0.15) is 25.7 Å². The summed E-state index contributed by atoms with van der Waals surface area (Å²) in [7, 11) is -0.276. The molecule has 0 saturated carbocycles. The zero-order chi connectivity index (χ0) is 15.0. The van der Waals surface area contributed by atoms with Crippen molar-refractivity contribution in [2.45, 2.75) is 30.6 Å². The zero-order valence-corrected chi connectivity index (χ0v) is 13.7. The van der Waals surface area contributed by atoms with Crippen LogP contribution in [0.25, 0.3) is 0 Å². The average molecular weight is 319 g/mol. The Labute approximate surface area is 127 Å². The first-order valence-corrected chi connectivity index (χ1v) is 8.78. The van der Waals surface area contributed by atoms with Crippen molar-refractivity contribution in [1.29, 1.82) is 0 Å². The molecule has 0 atom stereocenters. The molecule has 0 aliphatic carbocycles. The Morgan fingerprint density at radius 1 is 1.05 bits per heavy atom. The van der Waals surface area contributed by atoms with Crippen molar-refractivity contribution in [3.05, 3.63) is 24.3 Å². The van der Waals surface area contributed by atoms with Crippen molar-refractivity contribution in [3.63, 3.8) is 0 Å². The van der Waals surface area contributed by atoms with Crippen LogP contribution >= 0.6 is 11.6 Å². The van der Waals surface area contributed by atoms with Gasteiger partial charge in [0, 0.05) is 32.2 Å². The second-order valence-electron chi connectivity index (χ2n) is 4.84. The van der Waals surface area contributed by atoms with Gasteiger partial charge in [0.15, 0.2) is 0 Å². The minimum Gasteiger partial charge on any atom is -0.385 e. The monoisotopic (exact) mass is 318 g/mol. The highest BCUT2D eigenvalue weighted by Gasteiger charge is 2.16. The predicted molar refractivity (Wildman–Crippen MR) is 85.0 cm³/mol. The second-order valence-corrected chi connectivity index (χ2v) is 7.37. The Morgan fingerprint density at radius 3 is 2.20 bits per heavy atom. The van der Waals surface area contributed by atoms with Crippen LogP contribution in [0.2, 0.25) is 0 Å². The maximum Gasteiger partial charge on any atom is 0.242 e. The normalized spacial score (nSPS) is 11.8. The van der Waals surface area contributed by atoms with E-state index in [1.807, 2.05) is 0 Å². The molecule has 4 nitrogen and oxygen atoms in total. The molecule has 1 N–H and O–H groups in total. The van der Waals surface area contributed by atoms with Gasteiger partial charge in [0.25, 0.3) is 0 Å². The number of nitrogens with zero attached hydrogens (tertiary/aromatic N) is 1. The zero-order valence-electron chi connectivity index (χ0n) is 12.1. The molecule has 6 heteroatoms. The Bertz CT molecular complexity index is 486. The van der Waals surface area contributed by atoms with Gasteiger partial charge in [-0.3, -0.25) is 0 Å². The van der Waals surface area contributed by atoms with Gasteiger partial charge in [-0.25, -0.2) is 12.7 Å². The SMILES string of the molecule is CN(C)S(=O)(=O)c1ccc(NCCCCCCCl)cc1. The molecule has 20 heavy (non-hydrogen) atoms. The van der Waals surface area contributed by atoms with Crippen LogP contribution in [0.15, 0.2) is 29.2 Å². The fraction of sp³-hybridized carbons (Fsp3) is 0.571. The van der Waals surface area contributed by atoms with Crippen molar-refractivity contribution >= 4 is 27.3 Å². The number of anilines is 1. The van der Waals surface area contributed by atoms with Crippen LogP contribution in [0.5, 0.6) is 0 Å². The molecule has 0 radical (unpaired) electrons. The van der Waals surface area contributed by atoms with Crippen LogP contribution in [-0.4, -0.2) is 39.2 Å². The molecule has 1 aromatic rings. The minimum atomic E-state index is -3.34. The smallest absolute Gasteiger partial charge is 0.242 e. The molecule has 0 fully saturated rings. The third-order valence-corrected chi connectivity index (χ3v) is 5.12. The summed E-state index contributed by atoms with van der Waals surface area (Å²) in [6, 6.07) is 6.86. The molecule has 0 aromatic heterocycles. The highest BCUT2D eigenvalue weighted by molar-refractivity contribution is 7.89. The highest BCUT2D eigenvalue weighted by atomic mass is 35.5. The third-order valence-electron chi connectivity index (χ3n) is 3.02. The lowest BCUT2D eigenvalue weighted by Crippen LogP contribution is -2.22. The predicted octanol–water partition coefficient (Wildman–Crippen LogP) is 3.15. The number of halogens is 1. The van der Waals surface area contributed by atoms with E-state index >= 15 is 0 Å². The molecule has 1 rings (SSSR count). The van der Waals surface area contributed by atoms with Crippen LogP contribution in [-0.2, 0) is 10.0 Å². The van der Waals surface area contributed by atoms with Crippen molar-refractivity contribution in [2.75, 3.05) is 31.8 Å². The molecule has 0 spiro atoms. The quantitative estimate of drug-likeness (QED) is 0.562. The lowest BCUT2D eigenvalue weighted by atomic mass is 10.2. The number of rotatable bonds is 9. The summed E-state index contributed by atoms with van der Waals surface area (Å²) in [5, 5.41) is 3.29. The van der Waals surface area contributed by atoms with Gasteiger partial charge in [0.05, 0.1) is 4.90 Å². The molecule has 0 saturated heterocycles. The minimum absolute atomic E-state index is 0.315. The van der Waals surface area contributed by atoms with Gasteiger partial charge in [0.2, 0.25) is 10.0 Å². The fourth-order valence-corrected chi connectivity index (χ4v) is 2.85. The van der Waals surface area contributed by atoms with E-state index < -0.39 is 10.0 Å². The van der Waals surface area contributed by atoms with Crippen LogP contribution in [0.4, 0.5) is 5.69 Å². The van der Waals surface area contributed by atoms with Crippen LogP contribution in [0, 0.1) is 0 Å². The van der Waals surface area contributed by atoms with E-state index in [9.17, 15) is 8.42 Å². The van der Waals surface area contributed by atoms with Crippen molar-refractivity contribution in [3.8, 4) is 0 Å². The first kappa shape index (κ1) is 17.3. The van der Waals surface area contributed by atoms with Gasteiger partial charge in [-0.15, -0.1) is 11.6 Å². The average Bonchev–Trinajstić information content (AvgIpc) is 2.43. The summed E-state index contributed by atoms with van der Waals surface area (Å²) in [6.07, 6.45) is 4.48. The molecular formula is C14H23ClN2O2S. The number of unbranched alkanes of at least 4 members (excludes halogenated alkanes) is 3. The van der Waals surface area contributed by atoms with E-state index in [4.69, 9.17) is 11.6 Å². The standard InChI is InChI=1S/C14H23ClN2O2S/c1-17(2)20(18,19)14-9-7-13(8-10-14)16-12-6-4-3-5-11-15/h7-10,16H,3-6,11-12H2,1-2H3. The van der Waals surface area contributed by atoms with Gasteiger partial charge in [-0.1, -0.05) is 12.8 Å². The van der Waals surface area contributed by atoms with E-state index in [1.165, 1.54) is 18.4 Å². The Morgan fingerprint density at radius 2 is 1.65 bits per heavy atom. The molecule has 0 heterocycles. The van der Waals surface area contributed by atoms with Gasteiger partial charge >= 0.3 is 0 Å². The van der Waals surface area contributed by atoms with E-state index in [1.54, 1.807) is 24.3 Å². The summed E-state index contributed by atoms with van der Waals surface area (Å²) in [5.74, 6) is 0.731. The number of hydrogen-bond donors (Lipinski definition) is 1. The van der Waals surface area contributed by atoms with Gasteiger partial charge in [-0.2, -0.15) is 0 Å². The molecule has 0 amide bonds. The van der Waals surface area contributed by atoms with E-state index in [-0.39, 0.29) is 0 Å². The van der Waals surface area contributed by atoms with Gasteiger partial charge < -0.3 is 5.32 Å². The maximum absolute atomic E-state index is 11.9. The number of benzene rings is 1. The maximum atomic E-state index is 11.9. The van der Waals surface area contributed by atoms with E-state index in [2.05, 4.69) is 5.32 Å². The molecular weight excluding hydrogens is 296 g/mol. The molecule has 0 aliphatic rings. The topological polar surface area (TPSA) is 49.4 Å². The summed E-state index contributed by atoms with van der Waals surface area (Å²) in [5.41, 5.74) is 0.944. The molecule has 0 unspecified atom stereocenters. The lowest BCUT2D eigenvalue weighted by molar-refractivity contribution is 0.521. The van der Waals surface area contributed by atoms with E-state index in [0.29, 0.717) is 4.90 Å². The molecule has 114 valence electrons.